The predicted octanol–water partition coefficient (Wildman–Crippen LogP) is 4.22. The van der Waals surface area contributed by atoms with Crippen molar-refractivity contribution in [2.75, 3.05) is 0 Å². The number of thiophene rings is 1. The van der Waals surface area contributed by atoms with Gasteiger partial charge in [-0.05, 0) is 18.4 Å². The van der Waals surface area contributed by atoms with E-state index >= 15 is 0 Å². The maximum absolute atomic E-state index is 12.0. The summed E-state index contributed by atoms with van der Waals surface area (Å²) in [5, 5.41) is 6.32. The normalized spacial score (nSPS) is 11.0. The van der Waals surface area contributed by atoms with Gasteiger partial charge in [0.25, 0.3) is 5.91 Å². The van der Waals surface area contributed by atoms with Crippen molar-refractivity contribution in [3.8, 4) is 0 Å². The minimum absolute atomic E-state index is 0.126. The van der Waals surface area contributed by atoms with E-state index in [1.807, 2.05) is 12.3 Å². The lowest BCUT2D eigenvalue weighted by molar-refractivity contribution is 0.0955. The first-order valence-electron chi connectivity index (χ1n) is 5.96. The third kappa shape index (κ3) is 3.35. The molecule has 3 nitrogen and oxygen atoms in total. The summed E-state index contributed by atoms with van der Waals surface area (Å²) in [7, 11) is 0. The topological polar surface area (TPSA) is 42.0 Å². The summed E-state index contributed by atoms with van der Waals surface area (Å²) in [6.07, 6.45) is 0. The van der Waals surface area contributed by atoms with Gasteiger partial charge < -0.3 is 5.32 Å². The highest BCUT2D eigenvalue weighted by molar-refractivity contribution is 7.13. The molecule has 19 heavy (non-hydrogen) atoms. The zero-order valence-electron chi connectivity index (χ0n) is 11.0. The summed E-state index contributed by atoms with van der Waals surface area (Å²) in [5.74, 6) is 0.291. The Balaban J connectivity index is 2.03. The molecule has 1 amide bonds. The number of thiazole rings is 1. The van der Waals surface area contributed by atoms with Gasteiger partial charge in [0.2, 0.25) is 0 Å². The van der Waals surface area contributed by atoms with Gasteiger partial charge >= 0.3 is 0 Å². The molecule has 0 unspecified atom stereocenters. The number of aromatic nitrogens is 1. The van der Waals surface area contributed by atoms with Crippen molar-refractivity contribution in [1.29, 1.82) is 0 Å². The van der Waals surface area contributed by atoms with Crippen molar-refractivity contribution in [2.45, 2.75) is 33.2 Å². The Morgan fingerprint density at radius 1 is 1.53 bits per heavy atom. The van der Waals surface area contributed by atoms with E-state index in [9.17, 15) is 4.79 Å². The highest BCUT2D eigenvalue weighted by Crippen LogP contribution is 2.25. The summed E-state index contributed by atoms with van der Waals surface area (Å²) in [4.78, 5) is 18.1. The summed E-state index contributed by atoms with van der Waals surface area (Å²) < 4.78 is 0. The number of carbonyl (C=O) groups is 1. The number of hydrogen-bond acceptors (Lipinski definition) is 4. The van der Waals surface area contributed by atoms with E-state index < -0.39 is 0 Å². The van der Waals surface area contributed by atoms with Crippen molar-refractivity contribution in [2.24, 2.45) is 0 Å². The Hall–Kier alpha value is -0.910. The average Bonchev–Trinajstić information content (AvgIpc) is 2.93. The second kappa shape index (κ2) is 6.03. The molecule has 102 valence electrons. The minimum atomic E-state index is -0.126. The number of rotatable bonds is 4. The van der Waals surface area contributed by atoms with Crippen LogP contribution in [0.1, 0.15) is 45.0 Å². The van der Waals surface area contributed by atoms with E-state index in [1.165, 1.54) is 11.3 Å². The molecule has 0 saturated heterocycles. The standard InChI is InChI=1S/C13H15ClN2OS2/c1-7(2)13-16-8(3)10(19-13)6-15-12(17)11-9(14)4-5-18-11/h4-5,7H,6H2,1-3H3,(H,15,17). The van der Waals surface area contributed by atoms with Crippen LogP contribution in [0.2, 0.25) is 5.02 Å². The summed E-state index contributed by atoms with van der Waals surface area (Å²) in [6.45, 7) is 6.71. The van der Waals surface area contributed by atoms with Gasteiger partial charge in [-0.15, -0.1) is 22.7 Å². The lowest BCUT2D eigenvalue weighted by atomic mass is 10.2. The molecule has 1 N–H and O–H groups in total. The van der Waals surface area contributed by atoms with Gasteiger partial charge in [-0.3, -0.25) is 4.79 Å². The Labute approximate surface area is 125 Å². The highest BCUT2D eigenvalue weighted by Gasteiger charge is 2.14. The Kier molecular flexibility index (Phi) is 4.60. The molecule has 2 aromatic rings. The predicted molar refractivity (Wildman–Crippen MR) is 81.4 cm³/mol. The number of nitrogens with one attached hydrogen (secondary N) is 1. The number of carbonyl (C=O) groups excluding carboxylic acids is 1. The van der Waals surface area contributed by atoms with Gasteiger partial charge in [-0.25, -0.2) is 4.98 Å². The van der Waals surface area contributed by atoms with E-state index in [0.29, 0.717) is 22.4 Å². The van der Waals surface area contributed by atoms with Crippen LogP contribution in [0.3, 0.4) is 0 Å². The van der Waals surface area contributed by atoms with E-state index in [1.54, 1.807) is 17.4 Å². The van der Waals surface area contributed by atoms with Crippen LogP contribution in [-0.4, -0.2) is 10.9 Å². The number of amides is 1. The smallest absolute Gasteiger partial charge is 0.263 e. The molecule has 0 atom stereocenters. The summed E-state index contributed by atoms with van der Waals surface area (Å²) in [5.41, 5.74) is 0.992. The fourth-order valence-corrected chi connectivity index (χ4v) is 3.62. The Morgan fingerprint density at radius 2 is 2.26 bits per heavy atom. The molecule has 0 aliphatic heterocycles. The van der Waals surface area contributed by atoms with E-state index in [2.05, 4.69) is 24.1 Å². The van der Waals surface area contributed by atoms with Crippen molar-refractivity contribution in [1.82, 2.24) is 10.3 Å². The Morgan fingerprint density at radius 3 is 2.79 bits per heavy atom. The molecule has 0 radical (unpaired) electrons. The molecule has 6 heteroatoms. The summed E-state index contributed by atoms with van der Waals surface area (Å²) in [6, 6.07) is 1.73. The summed E-state index contributed by atoms with van der Waals surface area (Å²) >= 11 is 8.94. The van der Waals surface area contributed by atoms with Crippen LogP contribution in [0.25, 0.3) is 0 Å². The monoisotopic (exact) mass is 314 g/mol. The lowest BCUT2D eigenvalue weighted by Gasteiger charge is -2.02. The number of aryl methyl sites for hydroxylation is 1. The highest BCUT2D eigenvalue weighted by atomic mass is 35.5. The first kappa shape index (κ1) is 14.5. The van der Waals surface area contributed by atoms with Crippen LogP contribution in [0, 0.1) is 6.92 Å². The first-order valence-corrected chi connectivity index (χ1v) is 8.03. The maximum atomic E-state index is 12.0. The molecule has 0 aliphatic rings. The van der Waals surface area contributed by atoms with Gasteiger partial charge in [0.05, 0.1) is 22.3 Å². The molecule has 0 spiro atoms. The van der Waals surface area contributed by atoms with Gasteiger partial charge in [0, 0.05) is 10.8 Å². The van der Waals surface area contributed by atoms with Crippen molar-refractivity contribution in [3.05, 3.63) is 36.9 Å². The molecule has 2 rings (SSSR count). The van der Waals surface area contributed by atoms with Crippen LogP contribution in [0.4, 0.5) is 0 Å². The lowest BCUT2D eigenvalue weighted by Crippen LogP contribution is -2.21. The number of hydrogen-bond donors (Lipinski definition) is 1. The van der Waals surface area contributed by atoms with Gasteiger partial charge in [0.1, 0.15) is 4.88 Å². The van der Waals surface area contributed by atoms with Gasteiger partial charge in [-0.2, -0.15) is 0 Å². The zero-order valence-corrected chi connectivity index (χ0v) is 13.4. The number of nitrogens with zero attached hydrogens (tertiary/aromatic N) is 1. The van der Waals surface area contributed by atoms with Crippen molar-refractivity contribution >= 4 is 40.2 Å². The second-order valence-electron chi connectivity index (χ2n) is 4.50. The second-order valence-corrected chi connectivity index (χ2v) is 6.93. The van der Waals surface area contributed by atoms with Crippen LogP contribution in [-0.2, 0) is 6.54 Å². The van der Waals surface area contributed by atoms with Crippen LogP contribution in [0.15, 0.2) is 11.4 Å². The van der Waals surface area contributed by atoms with Crippen LogP contribution < -0.4 is 5.32 Å². The molecule has 2 heterocycles. The van der Waals surface area contributed by atoms with Crippen molar-refractivity contribution in [3.63, 3.8) is 0 Å². The van der Waals surface area contributed by atoms with Crippen LogP contribution >= 0.6 is 34.3 Å². The molecule has 0 aliphatic carbocycles. The van der Waals surface area contributed by atoms with Crippen molar-refractivity contribution < 1.29 is 4.79 Å². The number of halogens is 1. The maximum Gasteiger partial charge on any atom is 0.263 e. The molecular formula is C13H15ClN2OS2. The minimum Gasteiger partial charge on any atom is -0.346 e. The third-order valence-electron chi connectivity index (χ3n) is 2.64. The quantitative estimate of drug-likeness (QED) is 0.918. The molecule has 0 saturated carbocycles. The van der Waals surface area contributed by atoms with E-state index in [0.717, 1.165) is 15.6 Å². The van der Waals surface area contributed by atoms with Gasteiger partial charge in [-0.1, -0.05) is 25.4 Å². The van der Waals surface area contributed by atoms with Gasteiger partial charge in [0.15, 0.2) is 0 Å². The van der Waals surface area contributed by atoms with E-state index in [-0.39, 0.29) is 5.91 Å². The Bertz CT molecular complexity index is 589. The largest absolute Gasteiger partial charge is 0.346 e. The molecule has 0 fully saturated rings. The first-order chi connectivity index (χ1) is 8.99. The molecular weight excluding hydrogens is 300 g/mol. The van der Waals surface area contributed by atoms with Crippen LogP contribution in [0.5, 0.6) is 0 Å². The fraction of sp³-hybridized carbons (Fsp3) is 0.385. The average molecular weight is 315 g/mol. The molecule has 2 aromatic heterocycles. The van der Waals surface area contributed by atoms with E-state index in [4.69, 9.17) is 11.6 Å². The zero-order chi connectivity index (χ0) is 14.0. The third-order valence-corrected chi connectivity index (χ3v) is 5.43. The molecule has 0 bridgehead atoms. The fourth-order valence-electron chi connectivity index (χ4n) is 1.56. The SMILES string of the molecule is Cc1nc(C(C)C)sc1CNC(=O)c1sccc1Cl. The molecule has 0 aromatic carbocycles.